The molecule has 0 N–H and O–H groups in total. The van der Waals surface area contributed by atoms with Crippen LogP contribution in [0, 0.1) is 17.3 Å². The molecular weight excluding hydrogens is 212 g/mol. The quantitative estimate of drug-likeness (QED) is 0.473. The van der Waals surface area contributed by atoms with Gasteiger partial charge in [-0.3, -0.25) is 4.79 Å². The minimum absolute atomic E-state index is 0.104. The van der Waals surface area contributed by atoms with Crippen LogP contribution in [0.15, 0.2) is 11.6 Å². The van der Waals surface area contributed by atoms with E-state index in [1.54, 1.807) is 5.57 Å². The molecule has 2 saturated carbocycles. The summed E-state index contributed by atoms with van der Waals surface area (Å²) in [5.41, 5.74) is 1.90. The largest absolute Gasteiger partial charge is 0.459 e. The summed E-state index contributed by atoms with van der Waals surface area (Å²) in [5, 5.41) is 0. The number of carbonyl (C=O) groups excluding carboxylic acids is 1. The molecule has 3 fully saturated rings. The van der Waals surface area contributed by atoms with Crippen LogP contribution in [0.1, 0.15) is 51.9 Å². The molecule has 92 valence electrons. The third-order valence-corrected chi connectivity index (χ3v) is 5.72. The van der Waals surface area contributed by atoms with E-state index in [0.717, 1.165) is 25.7 Å². The predicted molar refractivity (Wildman–Crippen MR) is 64.3 cm³/mol. The van der Waals surface area contributed by atoms with Crippen molar-refractivity contribution in [3.05, 3.63) is 11.6 Å². The second-order valence-electron chi connectivity index (χ2n) is 6.63. The van der Waals surface area contributed by atoms with E-state index >= 15 is 0 Å². The standard InChI is InChI=1S/C15H20O2/c1-14-7-6-10-4-2-3-5-11(13(16)17-14)12(14)15(10)8-9-15/h4,11-12H,2-3,5-9H2,1H3/b10-4-/t11?,12?,14-/m0/s1. The molecule has 3 atom stereocenters. The highest BCUT2D eigenvalue weighted by atomic mass is 16.6. The molecule has 1 heterocycles. The van der Waals surface area contributed by atoms with Gasteiger partial charge in [0.05, 0.1) is 5.92 Å². The number of hydrogen-bond donors (Lipinski definition) is 0. The lowest BCUT2D eigenvalue weighted by Gasteiger charge is -2.44. The van der Waals surface area contributed by atoms with Crippen LogP contribution in [-0.4, -0.2) is 11.6 Å². The van der Waals surface area contributed by atoms with Crippen LogP contribution in [0.2, 0.25) is 0 Å². The molecule has 0 aromatic rings. The van der Waals surface area contributed by atoms with E-state index in [1.165, 1.54) is 19.3 Å². The third kappa shape index (κ3) is 1.14. The van der Waals surface area contributed by atoms with Crippen molar-refractivity contribution in [1.82, 2.24) is 0 Å². The Labute approximate surface area is 102 Å². The summed E-state index contributed by atoms with van der Waals surface area (Å²) in [7, 11) is 0. The number of esters is 1. The molecule has 2 unspecified atom stereocenters. The summed E-state index contributed by atoms with van der Waals surface area (Å²) in [6.07, 6.45) is 10.7. The average Bonchev–Trinajstić information content (AvgIpc) is 2.99. The van der Waals surface area contributed by atoms with Gasteiger partial charge in [-0.1, -0.05) is 11.6 Å². The fraction of sp³-hybridized carbons (Fsp3) is 0.800. The van der Waals surface area contributed by atoms with E-state index in [4.69, 9.17) is 4.74 Å². The Morgan fingerprint density at radius 1 is 1.35 bits per heavy atom. The van der Waals surface area contributed by atoms with Crippen molar-refractivity contribution >= 4 is 5.97 Å². The number of hydrogen-bond acceptors (Lipinski definition) is 2. The maximum Gasteiger partial charge on any atom is 0.309 e. The number of carbonyl (C=O) groups is 1. The second kappa shape index (κ2) is 2.96. The zero-order chi connectivity index (χ0) is 11.7. The van der Waals surface area contributed by atoms with Crippen LogP contribution in [0.5, 0.6) is 0 Å². The van der Waals surface area contributed by atoms with E-state index in [9.17, 15) is 4.79 Å². The van der Waals surface area contributed by atoms with Crippen molar-refractivity contribution in [2.45, 2.75) is 57.5 Å². The Morgan fingerprint density at radius 2 is 2.18 bits per heavy atom. The Kier molecular flexibility index (Phi) is 1.77. The van der Waals surface area contributed by atoms with Gasteiger partial charge >= 0.3 is 5.97 Å². The molecule has 2 nitrogen and oxygen atoms in total. The first-order valence-electron chi connectivity index (χ1n) is 7.08. The van der Waals surface area contributed by atoms with Crippen molar-refractivity contribution in [1.29, 1.82) is 0 Å². The second-order valence-corrected chi connectivity index (χ2v) is 6.63. The first-order valence-corrected chi connectivity index (χ1v) is 7.08. The maximum absolute atomic E-state index is 12.1. The number of allylic oxidation sites excluding steroid dienone is 2. The first kappa shape index (κ1) is 10.2. The fourth-order valence-electron chi connectivity index (χ4n) is 4.91. The summed E-state index contributed by atoms with van der Waals surface area (Å²) in [5.74, 6) is 0.793. The molecule has 4 rings (SSSR count). The number of rotatable bonds is 0. The minimum Gasteiger partial charge on any atom is -0.459 e. The average molecular weight is 232 g/mol. The Bertz CT molecular complexity index is 419. The summed E-state index contributed by atoms with van der Waals surface area (Å²) < 4.78 is 5.80. The zero-order valence-corrected chi connectivity index (χ0v) is 10.5. The number of ether oxygens (including phenoxy) is 1. The lowest BCUT2D eigenvalue weighted by molar-refractivity contribution is -0.151. The van der Waals surface area contributed by atoms with Gasteiger partial charge in [-0.05, 0) is 57.3 Å². The SMILES string of the molecule is C[C@@]12CC/C3=C/CCCC(C(=O)O1)C2C31CC1. The fourth-order valence-corrected chi connectivity index (χ4v) is 4.91. The topological polar surface area (TPSA) is 26.3 Å². The lowest BCUT2D eigenvalue weighted by atomic mass is 9.60. The molecular formula is C15H20O2. The van der Waals surface area contributed by atoms with E-state index in [-0.39, 0.29) is 17.5 Å². The summed E-state index contributed by atoms with van der Waals surface area (Å²) in [6, 6.07) is 0. The van der Waals surface area contributed by atoms with Crippen LogP contribution >= 0.6 is 0 Å². The molecule has 17 heavy (non-hydrogen) atoms. The van der Waals surface area contributed by atoms with Crippen LogP contribution < -0.4 is 0 Å². The van der Waals surface area contributed by atoms with Gasteiger partial charge in [-0.25, -0.2) is 0 Å². The molecule has 2 bridgehead atoms. The molecule has 1 saturated heterocycles. The highest BCUT2D eigenvalue weighted by molar-refractivity contribution is 5.77. The molecule has 1 spiro atoms. The molecule has 0 aromatic heterocycles. The van der Waals surface area contributed by atoms with E-state index < -0.39 is 0 Å². The zero-order valence-electron chi connectivity index (χ0n) is 10.5. The van der Waals surface area contributed by atoms with Crippen molar-refractivity contribution in [2.75, 3.05) is 0 Å². The summed E-state index contributed by atoms with van der Waals surface area (Å²) in [6.45, 7) is 2.19. The Morgan fingerprint density at radius 3 is 2.94 bits per heavy atom. The van der Waals surface area contributed by atoms with Crippen LogP contribution in [0.4, 0.5) is 0 Å². The summed E-state index contributed by atoms with van der Waals surface area (Å²) in [4.78, 5) is 12.1. The van der Waals surface area contributed by atoms with E-state index in [2.05, 4.69) is 13.0 Å². The van der Waals surface area contributed by atoms with Gasteiger partial charge in [-0.15, -0.1) is 0 Å². The molecule has 1 aliphatic heterocycles. The van der Waals surface area contributed by atoms with Gasteiger partial charge in [0.25, 0.3) is 0 Å². The van der Waals surface area contributed by atoms with Gasteiger partial charge < -0.3 is 4.74 Å². The van der Waals surface area contributed by atoms with E-state index in [1.807, 2.05) is 0 Å². The Balaban J connectivity index is 1.87. The van der Waals surface area contributed by atoms with Crippen molar-refractivity contribution < 1.29 is 9.53 Å². The maximum atomic E-state index is 12.1. The normalized spacial score (nSPS) is 49.0. The first-order chi connectivity index (χ1) is 8.16. The predicted octanol–water partition coefficient (Wildman–Crippen LogP) is 3.22. The van der Waals surface area contributed by atoms with Gasteiger partial charge in [0, 0.05) is 5.92 Å². The van der Waals surface area contributed by atoms with E-state index in [0.29, 0.717) is 11.3 Å². The smallest absolute Gasteiger partial charge is 0.309 e. The molecule has 0 amide bonds. The van der Waals surface area contributed by atoms with Crippen molar-refractivity contribution in [2.24, 2.45) is 17.3 Å². The summed E-state index contributed by atoms with van der Waals surface area (Å²) >= 11 is 0. The molecule has 3 aliphatic carbocycles. The van der Waals surface area contributed by atoms with Crippen LogP contribution in [-0.2, 0) is 9.53 Å². The minimum atomic E-state index is -0.146. The Hall–Kier alpha value is -0.790. The monoisotopic (exact) mass is 232 g/mol. The van der Waals surface area contributed by atoms with Gasteiger partial charge in [0.1, 0.15) is 5.60 Å². The molecule has 0 radical (unpaired) electrons. The highest BCUT2D eigenvalue weighted by Gasteiger charge is 2.68. The van der Waals surface area contributed by atoms with Gasteiger partial charge in [0.15, 0.2) is 0 Å². The van der Waals surface area contributed by atoms with Crippen molar-refractivity contribution in [3.63, 3.8) is 0 Å². The third-order valence-electron chi connectivity index (χ3n) is 5.72. The van der Waals surface area contributed by atoms with Crippen molar-refractivity contribution in [3.8, 4) is 0 Å². The van der Waals surface area contributed by atoms with Gasteiger partial charge in [-0.2, -0.15) is 0 Å². The van der Waals surface area contributed by atoms with Crippen LogP contribution in [0.3, 0.4) is 0 Å². The highest BCUT2D eigenvalue weighted by Crippen LogP contribution is 2.70. The lowest BCUT2D eigenvalue weighted by Crippen LogP contribution is -2.44. The molecule has 0 aromatic carbocycles. The van der Waals surface area contributed by atoms with Crippen LogP contribution in [0.25, 0.3) is 0 Å². The molecule has 4 aliphatic rings. The molecule has 2 heteroatoms. The van der Waals surface area contributed by atoms with Gasteiger partial charge in [0.2, 0.25) is 0 Å².